The van der Waals surface area contributed by atoms with E-state index in [1.165, 1.54) is 26.2 Å². The van der Waals surface area contributed by atoms with Gasteiger partial charge < -0.3 is 14.3 Å². The highest BCUT2D eigenvalue weighted by Crippen LogP contribution is 2.23. The molecule has 7 heteroatoms. The molecular formula is C22H38N6O. The Hall–Kier alpha value is -1.99. The first kappa shape index (κ1) is 23.3. The maximum atomic E-state index is 5.42. The Morgan fingerprint density at radius 2 is 1.59 bits per heavy atom. The summed E-state index contributed by atoms with van der Waals surface area (Å²) in [5.74, 6) is 1.19. The number of hydrogen-bond acceptors (Lipinski definition) is 7. The van der Waals surface area contributed by atoms with Crippen molar-refractivity contribution in [1.29, 1.82) is 0 Å². The number of anilines is 1. The van der Waals surface area contributed by atoms with Gasteiger partial charge in [0.2, 0.25) is 0 Å². The lowest BCUT2D eigenvalue weighted by molar-refractivity contribution is 0.0980. The van der Waals surface area contributed by atoms with Gasteiger partial charge in [-0.25, -0.2) is 0 Å². The van der Waals surface area contributed by atoms with Crippen molar-refractivity contribution >= 4 is 5.95 Å². The summed E-state index contributed by atoms with van der Waals surface area (Å²) in [4.78, 5) is 16.2. The van der Waals surface area contributed by atoms with E-state index in [1.54, 1.807) is 0 Å². The van der Waals surface area contributed by atoms with Gasteiger partial charge in [0.15, 0.2) is 0 Å². The second-order valence-electron chi connectivity index (χ2n) is 7.18. The summed E-state index contributed by atoms with van der Waals surface area (Å²) >= 11 is 0. The van der Waals surface area contributed by atoms with Gasteiger partial charge in [0.05, 0.1) is 0 Å². The molecular weight excluding hydrogens is 364 g/mol. The van der Waals surface area contributed by atoms with Gasteiger partial charge in [0.1, 0.15) is 5.69 Å². The maximum absolute atomic E-state index is 5.42. The Balaban J connectivity index is 0.000000707. The highest BCUT2D eigenvalue weighted by Gasteiger charge is 2.28. The molecule has 0 bridgehead atoms. The van der Waals surface area contributed by atoms with E-state index in [0.717, 1.165) is 37.2 Å². The van der Waals surface area contributed by atoms with Crippen LogP contribution in [0.1, 0.15) is 46.1 Å². The fourth-order valence-corrected chi connectivity index (χ4v) is 3.66. The molecule has 2 aromatic heterocycles. The topological polar surface area (TPSA) is 61.5 Å². The molecule has 4 rings (SSSR count). The molecule has 0 radical (unpaired) electrons. The minimum Gasteiger partial charge on any atom is -0.338 e. The zero-order valence-electron chi connectivity index (χ0n) is 19.1. The molecule has 4 heterocycles. The largest absolute Gasteiger partial charge is 0.338 e. The number of piperidine rings is 1. The van der Waals surface area contributed by atoms with Crippen LogP contribution in [0.25, 0.3) is 11.6 Å². The first-order valence-corrected chi connectivity index (χ1v) is 11.1. The van der Waals surface area contributed by atoms with E-state index in [1.807, 2.05) is 52.9 Å². The number of aromatic nitrogens is 3. The molecule has 29 heavy (non-hydrogen) atoms. The van der Waals surface area contributed by atoms with E-state index in [4.69, 9.17) is 4.52 Å². The summed E-state index contributed by atoms with van der Waals surface area (Å²) < 4.78 is 5.42. The van der Waals surface area contributed by atoms with Gasteiger partial charge in [-0.05, 0) is 43.6 Å². The number of piperazine rings is 1. The van der Waals surface area contributed by atoms with Crippen LogP contribution in [-0.2, 0) is 0 Å². The standard InChI is InChI=1S/C18H26N6O.2C2H6/c1-14-3-4-16(19-13-14)17-20-18(21-25-17)24-7-5-15(6-8-24)23-11-9-22(2)10-12-23;2*1-2/h3-4,13,15H,5-12H2,1-2H3;2*1-2H3. The number of rotatable bonds is 3. The van der Waals surface area contributed by atoms with Gasteiger partial charge >= 0.3 is 0 Å². The molecule has 2 aliphatic rings. The molecule has 0 N–H and O–H groups in total. The summed E-state index contributed by atoms with van der Waals surface area (Å²) in [6, 6.07) is 4.62. The van der Waals surface area contributed by atoms with Crippen LogP contribution in [0.3, 0.4) is 0 Å². The molecule has 0 unspecified atom stereocenters. The molecule has 0 saturated carbocycles. The molecule has 162 valence electrons. The van der Waals surface area contributed by atoms with E-state index >= 15 is 0 Å². The predicted octanol–water partition coefficient (Wildman–Crippen LogP) is 3.71. The first-order valence-electron chi connectivity index (χ1n) is 11.1. The van der Waals surface area contributed by atoms with Crippen molar-refractivity contribution in [2.24, 2.45) is 0 Å². The molecule has 0 aromatic carbocycles. The van der Waals surface area contributed by atoms with Crippen molar-refractivity contribution in [3.63, 3.8) is 0 Å². The van der Waals surface area contributed by atoms with Gasteiger partial charge in [-0.2, -0.15) is 4.98 Å². The zero-order valence-corrected chi connectivity index (χ0v) is 19.1. The highest BCUT2D eigenvalue weighted by molar-refractivity contribution is 5.49. The Morgan fingerprint density at radius 3 is 2.17 bits per heavy atom. The minimum absolute atomic E-state index is 0.496. The molecule has 0 amide bonds. The van der Waals surface area contributed by atoms with E-state index in [2.05, 4.69) is 36.9 Å². The molecule has 2 saturated heterocycles. The monoisotopic (exact) mass is 402 g/mol. The van der Waals surface area contributed by atoms with Gasteiger partial charge in [-0.1, -0.05) is 33.8 Å². The van der Waals surface area contributed by atoms with Crippen LogP contribution in [0, 0.1) is 6.92 Å². The quantitative estimate of drug-likeness (QED) is 0.775. The lowest BCUT2D eigenvalue weighted by Crippen LogP contribution is -2.52. The zero-order chi connectivity index (χ0) is 21.2. The summed E-state index contributed by atoms with van der Waals surface area (Å²) in [5.41, 5.74) is 1.85. The number of pyridine rings is 1. The minimum atomic E-state index is 0.496. The van der Waals surface area contributed by atoms with E-state index in [9.17, 15) is 0 Å². The van der Waals surface area contributed by atoms with E-state index in [-0.39, 0.29) is 0 Å². The number of hydrogen-bond donors (Lipinski definition) is 0. The second-order valence-corrected chi connectivity index (χ2v) is 7.18. The Kier molecular flexibility index (Phi) is 9.54. The third-order valence-electron chi connectivity index (χ3n) is 5.35. The molecule has 2 fully saturated rings. The van der Waals surface area contributed by atoms with Gasteiger partial charge in [0, 0.05) is 51.5 Å². The summed E-state index contributed by atoms with van der Waals surface area (Å²) in [6.45, 7) is 16.7. The predicted molar refractivity (Wildman–Crippen MR) is 119 cm³/mol. The molecule has 2 aliphatic heterocycles. The van der Waals surface area contributed by atoms with Crippen molar-refractivity contribution in [2.75, 3.05) is 51.2 Å². The van der Waals surface area contributed by atoms with Crippen LogP contribution in [-0.4, -0.2) is 77.3 Å². The van der Waals surface area contributed by atoms with Gasteiger partial charge in [0.25, 0.3) is 11.8 Å². The van der Waals surface area contributed by atoms with Gasteiger partial charge in [-0.15, -0.1) is 0 Å². The number of nitrogens with zero attached hydrogens (tertiary/aromatic N) is 6. The molecule has 7 nitrogen and oxygen atoms in total. The molecule has 2 aromatic rings. The lowest BCUT2D eigenvalue weighted by atomic mass is 10.0. The van der Waals surface area contributed by atoms with Crippen molar-refractivity contribution in [1.82, 2.24) is 24.9 Å². The van der Waals surface area contributed by atoms with Crippen molar-refractivity contribution < 1.29 is 4.52 Å². The van der Waals surface area contributed by atoms with Crippen LogP contribution in [0.5, 0.6) is 0 Å². The van der Waals surface area contributed by atoms with Crippen LogP contribution in [0.4, 0.5) is 5.95 Å². The van der Waals surface area contributed by atoms with Crippen molar-refractivity contribution in [2.45, 2.75) is 53.5 Å². The fourth-order valence-electron chi connectivity index (χ4n) is 3.66. The summed E-state index contributed by atoms with van der Waals surface area (Å²) in [6.07, 6.45) is 4.15. The second kappa shape index (κ2) is 11.9. The molecule has 0 aliphatic carbocycles. The maximum Gasteiger partial charge on any atom is 0.278 e. The van der Waals surface area contributed by atoms with E-state index < -0.39 is 0 Å². The highest BCUT2D eigenvalue weighted by atomic mass is 16.5. The third-order valence-corrected chi connectivity index (χ3v) is 5.35. The average molecular weight is 403 g/mol. The summed E-state index contributed by atoms with van der Waals surface area (Å²) in [7, 11) is 2.21. The average Bonchev–Trinajstić information content (AvgIpc) is 3.28. The lowest BCUT2D eigenvalue weighted by Gasteiger charge is -2.41. The van der Waals surface area contributed by atoms with Crippen LogP contribution < -0.4 is 4.90 Å². The van der Waals surface area contributed by atoms with Crippen molar-refractivity contribution in [3.05, 3.63) is 23.9 Å². The van der Waals surface area contributed by atoms with Crippen LogP contribution >= 0.6 is 0 Å². The fraction of sp³-hybridized carbons (Fsp3) is 0.682. The van der Waals surface area contributed by atoms with Crippen LogP contribution in [0.15, 0.2) is 22.9 Å². The SMILES string of the molecule is CC.CC.Cc1ccc(-c2nc(N3CCC(N4CCN(C)CC4)CC3)no2)nc1. The smallest absolute Gasteiger partial charge is 0.278 e. The summed E-state index contributed by atoms with van der Waals surface area (Å²) in [5, 5.41) is 4.17. The Bertz CT molecular complexity index is 686. The normalized spacial score (nSPS) is 18.5. The molecule has 0 atom stereocenters. The van der Waals surface area contributed by atoms with E-state index in [0.29, 0.717) is 17.9 Å². The number of likely N-dealkylation sites (N-methyl/N-ethyl adjacent to an activating group) is 1. The van der Waals surface area contributed by atoms with Crippen molar-refractivity contribution in [3.8, 4) is 11.6 Å². The van der Waals surface area contributed by atoms with Crippen LogP contribution in [0.2, 0.25) is 0 Å². The third kappa shape index (κ3) is 6.24. The number of aryl methyl sites for hydroxylation is 1. The Labute approximate surface area is 176 Å². The first-order chi connectivity index (χ1) is 14.2. The van der Waals surface area contributed by atoms with Gasteiger partial charge in [-0.3, -0.25) is 9.88 Å². The Morgan fingerprint density at radius 1 is 0.931 bits per heavy atom. The molecule has 0 spiro atoms.